The Hall–Kier alpha value is -1.15. The van der Waals surface area contributed by atoms with Gasteiger partial charge in [-0.3, -0.25) is 4.90 Å². The van der Waals surface area contributed by atoms with E-state index in [-0.39, 0.29) is 29.5 Å². The number of methoxy groups -OCH3 is 1. The number of benzene rings is 1. The molecule has 1 heterocycles. The lowest BCUT2D eigenvalue weighted by atomic mass is 9.97. The lowest BCUT2D eigenvalue weighted by Gasteiger charge is -2.39. The Balaban J connectivity index is 0.00000242. The maximum Gasteiger partial charge on any atom is 0.290 e. The number of hydrogen-bond donors (Lipinski definition) is 3. The van der Waals surface area contributed by atoms with Gasteiger partial charge in [0.15, 0.2) is 0 Å². The molecule has 0 aromatic heterocycles. The standard InChI is InChI=1S/C14H20F2N2O3.ClH/c1-21-12-8-10(20)2-3-11(12)13(14(15,16)9-19)18-6-4-17-5-7-18;/h2-3,8,13,17,19-20H,4-7,9H2,1H3;1H/t13-;/m0./s1. The van der Waals surface area contributed by atoms with Gasteiger partial charge in [0, 0.05) is 37.8 Å². The van der Waals surface area contributed by atoms with Gasteiger partial charge in [0.05, 0.1) is 7.11 Å². The first-order valence-corrected chi connectivity index (χ1v) is 6.80. The van der Waals surface area contributed by atoms with Crippen LogP contribution in [0.5, 0.6) is 11.5 Å². The summed E-state index contributed by atoms with van der Waals surface area (Å²) in [6.45, 7) is 0.872. The molecule has 1 fully saturated rings. The number of nitrogens with zero attached hydrogens (tertiary/aromatic N) is 1. The van der Waals surface area contributed by atoms with E-state index in [1.165, 1.54) is 25.3 Å². The second-order valence-corrected chi connectivity index (χ2v) is 5.03. The summed E-state index contributed by atoms with van der Waals surface area (Å²) in [5.74, 6) is -3.17. The van der Waals surface area contributed by atoms with Crippen LogP contribution in [0.4, 0.5) is 8.78 Å². The number of hydrogen-bond acceptors (Lipinski definition) is 5. The van der Waals surface area contributed by atoms with Crippen molar-refractivity contribution >= 4 is 12.4 Å². The second-order valence-electron chi connectivity index (χ2n) is 5.03. The third-order valence-corrected chi connectivity index (χ3v) is 3.64. The minimum absolute atomic E-state index is 0. The van der Waals surface area contributed by atoms with Gasteiger partial charge in [-0.1, -0.05) is 0 Å². The smallest absolute Gasteiger partial charge is 0.290 e. The molecule has 22 heavy (non-hydrogen) atoms. The highest BCUT2D eigenvalue weighted by molar-refractivity contribution is 5.85. The van der Waals surface area contributed by atoms with Gasteiger partial charge in [0.1, 0.15) is 24.1 Å². The lowest BCUT2D eigenvalue weighted by molar-refractivity contribution is -0.119. The number of aliphatic hydroxyl groups excluding tert-OH is 1. The van der Waals surface area contributed by atoms with Crippen molar-refractivity contribution in [2.45, 2.75) is 12.0 Å². The van der Waals surface area contributed by atoms with E-state index >= 15 is 0 Å². The van der Waals surface area contributed by atoms with Crippen molar-refractivity contribution in [3.05, 3.63) is 23.8 Å². The minimum atomic E-state index is -3.30. The van der Waals surface area contributed by atoms with Gasteiger partial charge in [0.2, 0.25) is 0 Å². The second kappa shape index (κ2) is 7.92. The van der Waals surface area contributed by atoms with E-state index in [4.69, 9.17) is 9.84 Å². The summed E-state index contributed by atoms with van der Waals surface area (Å²) in [7, 11) is 1.37. The summed E-state index contributed by atoms with van der Waals surface area (Å²) < 4.78 is 33.7. The Kier molecular flexibility index (Phi) is 6.80. The van der Waals surface area contributed by atoms with Crippen molar-refractivity contribution in [3.63, 3.8) is 0 Å². The molecule has 0 aliphatic carbocycles. The number of rotatable bonds is 5. The number of ether oxygens (including phenoxy) is 1. The van der Waals surface area contributed by atoms with Crippen LogP contribution in [0, 0.1) is 0 Å². The molecule has 1 atom stereocenters. The van der Waals surface area contributed by atoms with Crippen LogP contribution in [0.25, 0.3) is 0 Å². The largest absolute Gasteiger partial charge is 0.508 e. The normalized spacial score (nSPS) is 17.6. The molecular weight excluding hydrogens is 318 g/mol. The molecule has 3 N–H and O–H groups in total. The average Bonchev–Trinajstić information content (AvgIpc) is 2.50. The van der Waals surface area contributed by atoms with Crippen molar-refractivity contribution < 1.29 is 23.7 Å². The Bertz CT molecular complexity index is 485. The summed E-state index contributed by atoms with van der Waals surface area (Å²) in [6.07, 6.45) is 0. The van der Waals surface area contributed by atoms with Crippen LogP contribution in [0.15, 0.2) is 18.2 Å². The molecular formula is C14H21ClF2N2O3. The third-order valence-electron chi connectivity index (χ3n) is 3.64. The Labute approximate surface area is 134 Å². The van der Waals surface area contributed by atoms with Gasteiger partial charge in [-0.2, -0.15) is 0 Å². The number of halogens is 3. The molecule has 0 radical (unpaired) electrons. The molecule has 0 amide bonds. The zero-order valence-corrected chi connectivity index (χ0v) is 13.1. The molecule has 126 valence electrons. The van der Waals surface area contributed by atoms with Crippen molar-refractivity contribution in [3.8, 4) is 11.5 Å². The van der Waals surface area contributed by atoms with Gasteiger partial charge < -0.3 is 20.3 Å². The molecule has 1 aromatic carbocycles. The molecule has 8 heteroatoms. The van der Waals surface area contributed by atoms with Gasteiger partial charge in [-0.05, 0) is 12.1 Å². The number of nitrogens with one attached hydrogen (secondary N) is 1. The summed E-state index contributed by atoms with van der Waals surface area (Å²) in [4.78, 5) is 1.63. The van der Waals surface area contributed by atoms with Crippen LogP contribution in [-0.4, -0.2) is 60.9 Å². The zero-order valence-electron chi connectivity index (χ0n) is 12.3. The number of piperazine rings is 1. The van der Waals surface area contributed by atoms with E-state index in [9.17, 15) is 13.9 Å². The fourth-order valence-electron chi connectivity index (χ4n) is 2.64. The molecule has 5 nitrogen and oxygen atoms in total. The van der Waals surface area contributed by atoms with Crippen molar-refractivity contribution in [2.75, 3.05) is 39.9 Å². The zero-order chi connectivity index (χ0) is 15.5. The van der Waals surface area contributed by atoms with E-state index in [1.807, 2.05) is 0 Å². The highest BCUT2D eigenvalue weighted by atomic mass is 35.5. The van der Waals surface area contributed by atoms with E-state index < -0.39 is 18.6 Å². The van der Waals surface area contributed by atoms with Crippen LogP contribution < -0.4 is 10.1 Å². The van der Waals surface area contributed by atoms with Gasteiger partial charge in [-0.15, -0.1) is 12.4 Å². The minimum Gasteiger partial charge on any atom is -0.508 e. The molecule has 1 aliphatic heterocycles. The molecule has 0 saturated carbocycles. The summed E-state index contributed by atoms with van der Waals surface area (Å²) in [5.41, 5.74) is 0.260. The van der Waals surface area contributed by atoms with Crippen LogP contribution >= 0.6 is 12.4 Å². The highest BCUT2D eigenvalue weighted by Crippen LogP contribution is 2.41. The fraction of sp³-hybridized carbons (Fsp3) is 0.571. The Morgan fingerprint density at radius 2 is 2.00 bits per heavy atom. The average molecular weight is 339 g/mol. The number of alkyl halides is 2. The van der Waals surface area contributed by atoms with Gasteiger partial charge >= 0.3 is 0 Å². The Morgan fingerprint density at radius 3 is 2.55 bits per heavy atom. The summed E-state index contributed by atoms with van der Waals surface area (Å²) in [5, 5.41) is 21.7. The molecule has 0 spiro atoms. The van der Waals surface area contributed by atoms with Crippen LogP contribution in [0.3, 0.4) is 0 Å². The lowest BCUT2D eigenvalue weighted by Crippen LogP contribution is -2.51. The van der Waals surface area contributed by atoms with E-state index in [0.29, 0.717) is 26.2 Å². The first kappa shape index (κ1) is 18.9. The monoisotopic (exact) mass is 338 g/mol. The predicted molar refractivity (Wildman–Crippen MR) is 81.1 cm³/mol. The number of aliphatic hydroxyl groups is 1. The molecule has 0 bridgehead atoms. The molecule has 1 aromatic rings. The van der Waals surface area contributed by atoms with Gasteiger partial charge in [0.25, 0.3) is 5.92 Å². The van der Waals surface area contributed by atoms with Crippen LogP contribution in [0.1, 0.15) is 11.6 Å². The molecule has 2 rings (SSSR count). The summed E-state index contributed by atoms with van der Waals surface area (Å²) in [6, 6.07) is 2.78. The number of phenolic OH excluding ortho intramolecular Hbond substituents is 1. The van der Waals surface area contributed by atoms with Crippen molar-refractivity contribution in [1.29, 1.82) is 0 Å². The topological polar surface area (TPSA) is 65.0 Å². The highest BCUT2D eigenvalue weighted by Gasteiger charge is 2.45. The Morgan fingerprint density at radius 1 is 1.36 bits per heavy atom. The van der Waals surface area contributed by atoms with Crippen molar-refractivity contribution in [1.82, 2.24) is 10.2 Å². The first-order chi connectivity index (χ1) is 9.99. The maximum atomic E-state index is 14.3. The predicted octanol–water partition coefficient (Wildman–Crippen LogP) is 1.40. The maximum absolute atomic E-state index is 14.3. The van der Waals surface area contributed by atoms with Crippen LogP contribution in [-0.2, 0) is 0 Å². The fourth-order valence-corrected chi connectivity index (χ4v) is 2.64. The van der Waals surface area contributed by atoms with E-state index in [1.54, 1.807) is 4.90 Å². The molecule has 1 saturated heterocycles. The SMILES string of the molecule is COc1cc(O)ccc1[C@H](N1CCNCC1)C(F)(F)CO.Cl. The number of aromatic hydroxyl groups is 1. The third kappa shape index (κ3) is 3.98. The summed E-state index contributed by atoms with van der Waals surface area (Å²) >= 11 is 0. The quantitative estimate of drug-likeness (QED) is 0.757. The van der Waals surface area contributed by atoms with Crippen molar-refractivity contribution in [2.24, 2.45) is 0 Å². The van der Waals surface area contributed by atoms with E-state index in [2.05, 4.69) is 5.32 Å². The van der Waals surface area contributed by atoms with Crippen LogP contribution in [0.2, 0.25) is 0 Å². The number of phenols is 1. The van der Waals surface area contributed by atoms with E-state index in [0.717, 1.165) is 0 Å². The first-order valence-electron chi connectivity index (χ1n) is 6.80. The molecule has 0 unspecified atom stereocenters. The van der Waals surface area contributed by atoms with Gasteiger partial charge in [-0.25, -0.2) is 8.78 Å². The molecule has 1 aliphatic rings.